The number of nitro benzene ring substituents is 1. The summed E-state index contributed by atoms with van der Waals surface area (Å²) in [5, 5.41) is 10.9. The van der Waals surface area contributed by atoms with Crippen molar-refractivity contribution >= 4 is 23.8 Å². The Kier molecular flexibility index (Phi) is 3.96. The zero-order chi connectivity index (χ0) is 12.7. The normalized spacial score (nSPS) is 22.2. The number of nitro groups is 1. The van der Waals surface area contributed by atoms with Crippen LogP contribution in [0.5, 0.6) is 0 Å². The standard InChI is InChI=1S/C13H17N3O2.ClH/c1-14-9-12-3-2-6-15(12)8-10-7-11(16(17)18)4-5-13(10)14;/h4-5,7,12H,2-3,6,8-9H2,1H3;1H. The first-order chi connectivity index (χ1) is 8.65. The summed E-state index contributed by atoms with van der Waals surface area (Å²) in [7, 11) is 2.08. The van der Waals surface area contributed by atoms with Crippen LogP contribution < -0.4 is 4.90 Å². The van der Waals surface area contributed by atoms with Gasteiger partial charge in [0.25, 0.3) is 5.69 Å². The van der Waals surface area contributed by atoms with Gasteiger partial charge in [0.05, 0.1) is 4.92 Å². The van der Waals surface area contributed by atoms with Gasteiger partial charge < -0.3 is 4.90 Å². The largest absolute Gasteiger partial charge is 0.373 e. The van der Waals surface area contributed by atoms with Crippen molar-refractivity contribution in [2.75, 3.05) is 25.0 Å². The molecule has 0 spiro atoms. The SMILES string of the molecule is CN1CC2CCCN2Cc2cc([N+](=O)[O-])ccc21.Cl. The van der Waals surface area contributed by atoms with Gasteiger partial charge in [-0.05, 0) is 31.0 Å². The van der Waals surface area contributed by atoms with Gasteiger partial charge >= 0.3 is 0 Å². The first-order valence-corrected chi connectivity index (χ1v) is 6.37. The van der Waals surface area contributed by atoms with Gasteiger partial charge in [0.15, 0.2) is 0 Å². The minimum Gasteiger partial charge on any atom is -0.373 e. The van der Waals surface area contributed by atoms with Crippen molar-refractivity contribution in [3.8, 4) is 0 Å². The van der Waals surface area contributed by atoms with E-state index in [1.54, 1.807) is 12.1 Å². The van der Waals surface area contributed by atoms with Crippen LogP contribution in [-0.4, -0.2) is 36.0 Å². The number of nitrogens with zero attached hydrogens (tertiary/aromatic N) is 3. The molecule has 0 radical (unpaired) electrons. The van der Waals surface area contributed by atoms with E-state index in [4.69, 9.17) is 0 Å². The maximum absolute atomic E-state index is 10.9. The lowest BCUT2D eigenvalue weighted by Gasteiger charge is -2.24. The van der Waals surface area contributed by atoms with Crippen LogP contribution in [0, 0.1) is 10.1 Å². The molecule has 0 saturated carbocycles. The molecule has 1 aromatic rings. The predicted molar refractivity (Wildman–Crippen MR) is 77.0 cm³/mol. The Morgan fingerprint density at radius 2 is 2.21 bits per heavy atom. The number of likely N-dealkylation sites (N-methyl/N-ethyl adjacent to an activating group) is 1. The monoisotopic (exact) mass is 283 g/mol. The summed E-state index contributed by atoms with van der Waals surface area (Å²) in [5.74, 6) is 0. The van der Waals surface area contributed by atoms with Gasteiger partial charge in [-0.1, -0.05) is 0 Å². The highest BCUT2D eigenvalue weighted by Gasteiger charge is 2.30. The van der Waals surface area contributed by atoms with Crippen molar-refractivity contribution in [2.45, 2.75) is 25.4 Å². The van der Waals surface area contributed by atoms with Crippen LogP contribution in [0.2, 0.25) is 0 Å². The van der Waals surface area contributed by atoms with Crippen molar-refractivity contribution < 1.29 is 4.92 Å². The van der Waals surface area contributed by atoms with Crippen molar-refractivity contribution in [3.05, 3.63) is 33.9 Å². The Morgan fingerprint density at radius 1 is 1.42 bits per heavy atom. The molecule has 3 rings (SSSR count). The summed E-state index contributed by atoms with van der Waals surface area (Å²) in [4.78, 5) is 15.2. The van der Waals surface area contributed by atoms with E-state index in [1.807, 2.05) is 6.07 Å². The third kappa shape index (κ3) is 2.53. The van der Waals surface area contributed by atoms with E-state index in [2.05, 4.69) is 16.8 Å². The van der Waals surface area contributed by atoms with Gasteiger partial charge in [-0.25, -0.2) is 0 Å². The van der Waals surface area contributed by atoms with Gasteiger partial charge in [-0.3, -0.25) is 15.0 Å². The third-order valence-corrected chi connectivity index (χ3v) is 4.04. The van der Waals surface area contributed by atoms with Crippen LogP contribution in [0.3, 0.4) is 0 Å². The molecule has 6 heteroatoms. The van der Waals surface area contributed by atoms with Crippen LogP contribution in [0.1, 0.15) is 18.4 Å². The molecule has 1 saturated heterocycles. The van der Waals surface area contributed by atoms with E-state index in [1.165, 1.54) is 12.8 Å². The summed E-state index contributed by atoms with van der Waals surface area (Å²) < 4.78 is 0. The van der Waals surface area contributed by atoms with E-state index in [-0.39, 0.29) is 23.0 Å². The molecule has 1 aromatic carbocycles. The highest BCUT2D eigenvalue weighted by atomic mass is 35.5. The zero-order valence-electron chi connectivity index (χ0n) is 10.9. The van der Waals surface area contributed by atoms with Crippen molar-refractivity contribution in [3.63, 3.8) is 0 Å². The van der Waals surface area contributed by atoms with Crippen LogP contribution in [0.25, 0.3) is 0 Å². The lowest BCUT2D eigenvalue weighted by atomic mass is 10.1. The molecular formula is C13H18ClN3O2. The second-order valence-corrected chi connectivity index (χ2v) is 5.22. The molecule has 0 bridgehead atoms. The van der Waals surface area contributed by atoms with Gasteiger partial charge in [0.2, 0.25) is 0 Å². The fraction of sp³-hybridized carbons (Fsp3) is 0.538. The Labute approximate surface area is 118 Å². The van der Waals surface area contributed by atoms with Crippen LogP contribution in [0.15, 0.2) is 18.2 Å². The molecule has 5 nitrogen and oxygen atoms in total. The van der Waals surface area contributed by atoms with Gasteiger partial charge in [-0.15, -0.1) is 12.4 Å². The molecule has 2 aliphatic heterocycles. The average Bonchev–Trinajstić information content (AvgIpc) is 2.71. The topological polar surface area (TPSA) is 49.6 Å². The fourth-order valence-electron chi connectivity index (χ4n) is 3.13. The summed E-state index contributed by atoms with van der Waals surface area (Å²) in [6, 6.07) is 5.81. The summed E-state index contributed by atoms with van der Waals surface area (Å²) in [6.07, 6.45) is 2.48. The number of hydrogen-bond donors (Lipinski definition) is 0. The van der Waals surface area contributed by atoms with Gasteiger partial charge in [-0.2, -0.15) is 0 Å². The first-order valence-electron chi connectivity index (χ1n) is 6.37. The second-order valence-electron chi connectivity index (χ2n) is 5.22. The Morgan fingerprint density at radius 3 is 2.95 bits per heavy atom. The molecule has 1 unspecified atom stereocenters. The minimum atomic E-state index is -0.313. The third-order valence-electron chi connectivity index (χ3n) is 4.04. The lowest BCUT2D eigenvalue weighted by Crippen LogP contribution is -2.35. The minimum absolute atomic E-state index is 0. The molecule has 104 valence electrons. The molecule has 19 heavy (non-hydrogen) atoms. The number of halogens is 1. The van der Waals surface area contributed by atoms with E-state index >= 15 is 0 Å². The second kappa shape index (κ2) is 5.35. The van der Waals surface area contributed by atoms with Crippen LogP contribution >= 0.6 is 12.4 Å². The average molecular weight is 284 g/mol. The van der Waals surface area contributed by atoms with E-state index in [0.717, 1.165) is 30.9 Å². The number of rotatable bonds is 1. The molecule has 0 aromatic heterocycles. The number of anilines is 1. The number of hydrogen-bond acceptors (Lipinski definition) is 4. The molecule has 1 fully saturated rings. The Bertz CT molecular complexity index is 495. The summed E-state index contributed by atoms with van der Waals surface area (Å²) >= 11 is 0. The fourth-order valence-corrected chi connectivity index (χ4v) is 3.13. The van der Waals surface area contributed by atoms with E-state index < -0.39 is 0 Å². The molecule has 0 aliphatic carbocycles. The highest BCUT2D eigenvalue weighted by molar-refractivity contribution is 5.85. The molecule has 0 amide bonds. The van der Waals surface area contributed by atoms with Crippen LogP contribution in [0.4, 0.5) is 11.4 Å². The first kappa shape index (κ1) is 14.1. The molecule has 2 aliphatic rings. The highest BCUT2D eigenvalue weighted by Crippen LogP contribution is 2.32. The summed E-state index contributed by atoms with van der Waals surface area (Å²) in [5.41, 5.74) is 2.41. The van der Waals surface area contributed by atoms with E-state index in [9.17, 15) is 10.1 Å². The van der Waals surface area contributed by atoms with Gasteiger partial charge in [0.1, 0.15) is 0 Å². The molecule has 0 N–H and O–H groups in total. The predicted octanol–water partition coefficient (Wildman–Crippen LogP) is 2.43. The van der Waals surface area contributed by atoms with Gasteiger partial charge in [0, 0.05) is 44.0 Å². The van der Waals surface area contributed by atoms with Crippen molar-refractivity contribution in [1.82, 2.24) is 4.90 Å². The lowest BCUT2D eigenvalue weighted by molar-refractivity contribution is -0.384. The molecule has 1 atom stereocenters. The van der Waals surface area contributed by atoms with Crippen LogP contribution in [-0.2, 0) is 6.54 Å². The zero-order valence-corrected chi connectivity index (χ0v) is 11.7. The quantitative estimate of drug-likeness (QED) is 0.587. The van der Waals surface area contributed by atoms with E-state index in [0.29, 0.717) is 6.04 Å². The number of benzene rings is 1. The number of non-ortho nitro benzene ring substituents is 1. The van der Waals surface area contributed by atoms with Crippen molar-refractivity contribution in [2.24, 2.45) is 0 Å². The Balaban J connectivity index is 0.00000133. The smallest absolute Gasteiger partial charge is 0.269 e. The van der Waals surface area contributed by atoms with Crippen molar-refractivity contribution in [1.29, 1.82) is 0 Å². The summed E-state index contributed by atoms with van der Waals surface area (Å²) in [6.45, 7) is 2.97. The molecule has 2 heterocycles. The maximum Gasteiger partial charge on any atom is 0.269 e. The number of fused-ring (bicyclic) bond motifs is 2. The molecular weight excluding hydrogens is 266 g/mol. The maximum atomic E-state index is 10.9. The Hall–Kier alpha value is -1.33.